The molecule has 8 heteroatoms. The summed E-state index contributed by atoms with van der Waals surface area (Å²) in [5.41, 5.74) is 5.91. The lowest BCUT2D eigenvalue weighted by molar-refractivity contribution is -0.385. The maximum atomic E-state index is 10.6. The zero-order valence-corrected chi connectivity index (χ0v) is 9.28. The molecule has 1 aliphatic rings. The van der Waals surface area contributed by atoms with Gasteiger partial charge >= 0.3 is 6.09 Å². The Labute approximate surface area is 102 Å². The Kier molecular flexibility index (Phi) is 3.11. The lowest BCUT2D eigenvalue weighted by Crippen LogP contribution is -2.40. The van der Waals surface area contributed by atoms with Gasteiger partial charge in [0, 0.05) is 24.6 Å². The number of ether oxygens (including phenoxy) is 1. The Balaban J connectivity index is 2.25. The highest BCUT2D eigenvalue weighted by atomic mass is 16.6. The molecule has 1 aliphatic carbocycles. The third kappa shape index (κ3) is 2.38. The molecule has 0 fully saturated rings. The average Bonchev–Trinajstić information content (AvgIpc) is 2.28. The van der Waals surface area contributed by atoms with E-state index in [0.29, 0.717) is 11.3 Å². The van der Waals surface area contributed by atoms with Gasteiger partial charge in [0.25, 0.3) is 5.69 Å². The molecule has 0 bridgehead atoms. The maximum absolute atomic E-state index is 10.6. The highest BCUT2D eigenvalue weighted by Gasteiger charge is 2.31. The van der Waals surface area contributed by atoms with Gasteiger partial charge in [0.2, 0.25) is 0 Å². The number of aromatic nitrogens is 1. The number of aliphatic hydroxyl groups excluding tert-OH is 1. The molecule has 96 valence electrons. The van der Waals surface area contributed by atoms with Gasteiger partial charge in [0.1, 0.15) is 12.3 Å². The van der Waals surface area contributed by atoms with Crippen LogP contribution in [-0.4, -0.2) is 33.3 Å². The summed E-state index contributed by atoms with van der Waals surface area (Å²) in [7, 11) is 0. The molecule has 2 unspecified atom stereocenters. The van der Waals surface area contributed by atoms with Crippen LogP contribution in [0.4, 0.5) is 10.5 Å². The number of carbonyl (C=O) groups excluding carboxylic acids is 1. The van der Waals surface area contributed by atoms with Crippen molar-refractivity contribution in [2.45, 2.75) is 25.0 Å². The molecule has 0 spiro atoms. The van der Waals surface area contributed by atoms with Crippen LogP contribution < -0.4 is 5.73 Å². The number of fused-ring (bicyclic) bond motifs is 1. The van der Waals surface area contributed by atoms with Gasteiger partial charge in [-0.05, 0) is 5.56 Å². The van der Waals surface area contributed by atoms with Crippen molar-refractivity contribution in [3.05, 3.63) is 33.6 Å². The van der Waals surface area contributed by atoms with E-state index in [2.05, 4.69) is 4.98 Å². The van der Waals surface area contributed by atoms with Gasteiger partial charge in [-0.3, -0.25) is 15.1 Å². The minimum Gasteiger partial charge on any atom is -0.443 e. The predicted octanol–water partition coefficient (Wildman–Crippen LogP) is -0.0868. The first-order chi connectivity index (χ1) is 8.47. The van der Waals surface area contributed by atoms with Crippen LogP contribution >= 0.6 is 0 Å². The third-order valence-corrected chi connectivity index (χ3v) is 2.78. The second-order valence-corrected chi connectivity index (χ2v) is 4.01. The first-order valence-electron chi connectivity index (χ1n) is 5.23. The Morgan fingerprint density at radius 1 is 1.61 bits per heavy atom. The Morgan fingerprint density at radius 2 is 2.33 bits per heavy atom. The topological polar surface area (TPSA) is 129 Å². The van der Waals surface area contributed by atoms with Crippen molar-refractivity contribution in [3.63, 3.8) is 0 Å². The summed E-state index contributed by atoms with van der Waals surface area (Å²) in [6.45, 7) is 0. The standard InChI is InChI=1S/C10H11N3O5/c11-10(15)18-9-3-7-5(2-8(9)14)1-6(4-12-7)13(16)17/h1,4,8-9,14H,2-3H2,(H2,11,15). The zero-order chi connectivity index (χ0) is 13.3. The number of nitro groups is 1. The Bertz CT molecular complexity index is 504. The summed E-state index contributed by atoms with van der Waals surface area (Å²) in [4.78, 5) is 24.6. The van der Waals surface area contributed by atoms with Crippen LogP contribution in [-0.2, 0) is 17.6 Å². The molecule has 1 aromatic rings. The van der Waals surface area contributed by atoms with Crippen molar-refractivity contribution in [3.8, 4) is 0 Å². The quantitative estimate of drug-likeness (QED) is 0.560. The third-order valence-electron chi connectivity index (χ3n) is 2.78. The second-order valence-electron chi connectivity index (χ2n) is 4.01. The number of nitrogens with zero attached hydrogens (tertiary/aromatic N) is 2. The number of carbonyl (C=O) groups is 1. The lowest BCUT2D eigenvalue weighted by atomic mass is 9.91. The van der Waals surface area contributed by atoms with Crippen LogP contribution in [0.5, 0.6) is 0 Å². The molecule has 1 aromatic heterocycles. The first-order valence-corrected chi connectivity index (χ1v) is 5.23. The molecule has 0 radical (unpaired) electrons. The molecular formula is C10H11N3O5. The number of amides is 1. The molecule has 0 aliphatic heterocycles. The number of rotatable bonds is 2. The second kappa shape index (κ2) is 4.57. The molecule has 3 N–H and O–H groups in total. The van der Waals surface area contributed by atoms with Crippen molar-refractivity contribution in [1.82, 2.24) is 4.98 Å². The van der Waals surface area contributed by atoms with Crippen molar-refractivity contribution < 1.29 is 19.6 Å². The minimum atomic E-state index is -0.968. The van der Waals surface area contributed by atoms with Crippen LogP contribution in [0.15, 0.2) is 12.3 Å². The molecule has 8 nitrogen and oxygen atoms in total. The van der Waals surface area contributed by atoms with E-state index < -0.39 is 23.2 Å². The van der Waals surface area contributed by atoms with Gasteiger partial charge in [0.05, 0.1) is 11.0 Å². The number of primary amides is 1. The molecular weight excluding hydrogens is 242 g/mol. The van der Waals surface area contributed by atoms with Gasteiger partial charge in [-0.1, -0.05) is 0 Å². The van der Waals surface area contributed by atoms with E-state index in [9.17, 15) is 20.0 Å². The Hall–Kier alpha value is -2.22. The summed E-state index contributed by atoms with van der Waals surface area (Å²) in [5, 5.41) is 20.4. The number of pyridine rings is 1. The van der Waals surface area contributed by atoms with E-state index in [4.69, 9.17) is 10.5 Å². The molecule has 0 saturated heterocycles. The molecule has 2 rings (SSSR count). The van der Waals surface area contributed by atoms with Crippen LogP contribution in [0.1, 0.15) is 11.3 Å². The predicted molar refractivity (Wildman–Crippen MR) is 58.8 cm³/mol. The SMILES string of the molecule is NC(=O)OC1Cc2ncc([N+](=O)[O-])cc2CC1O. The van der Waals surface area contributed by atoms with Gasteiger partial charge in [-0.15, -0.1) is 0 Å². The molecule has 2 atom stereocenters. The fraction of sp³-hybridized carbons (Fsp3) is 0.400. The van der Waals surface area contributed by atoms with E-state index in [-0.39, 0.29) is 18.5 Å². The monoisotopic (exact) mass is 253 g/mol. The summed E-state index contributed by atoms with van der Waals surface area (Å²) < 4.78 is 4.75. The van der Waals surface area contributed by atoms with Gasteiger partial charge in [0.15, 0.2) is 0 Å². The smallest absolute Gasteiger partial charge is 0.404 e. The first kappa shape index (κ1) is 12.2. The molecule has 1 heterocycles. The van der Waals surface area contributed by atoms with Gasteiger partial charge in [-0.2, -0.15) is 0 Å². The largest absolute Gasteiger partial charge is 0.443 e. The average molecular weight is 253 g/mol. The number of hydrogen-bond donors (Lipinski definition) is 2. The molecule has 0 aromatic carbocycles. The van der Waals surface area contributed by atoms with E-state index >= 15 is 0 Å². The van der Waals surface area contributed by atoms with E-state index in [1.807, 2.05) is 0 Å². The maximum Gasteiger partial charge on any atom is 0.404 e. The normalized spacial score (nSPS) is 22.1. The fourth-order valence-electron chi connectivity index (χ4n) is 1.94. The summed E-state index contributed by atoms with van der Waals surface area (Å²) >= 11 is 0. The van der Waals surface area contributed by atoms with Crippen molar-refractivity contribution in [1.29, 1.82) is 0 Å². The minimum absolute atomic E-state index is 0.129. The number of aliphatic hydroxyl groups is 1. The molecule has 18 heavy (non-hydrogen) atoms. The van der Waals surface area contributed by atoms with Gasteiger partial charge in [-0.25, -0.2) is 4.79 Å². The van der Waals surface area contributed by atoms with Crippen LogP contribution in [0.2, 0.25) is 0 Å². The summed E-state index contributed by atoms with van der Waals surface area (Å²) in [5.74, 6) is 0. The van der Waals surface area contributed by atoms with Crippen molar-refractivity contribution in [2.75, 3.05) is 0 Å². The Morgan fingerprint density at radius 3 is 2.94 bits per heavy atom. The van der Waals surface area contributed by atoms with Crippen LogP contribution in [0.25, 0.3) is 0 Å². The summed E-state index contributed by atoms with van der Waals surface area (Å²) in [6, 6.07) is 1.37. The van der Waals surface area contributed by atoms with Crippen LogP contribution in [0, 0.1) is 10.1 Å². The molecule has 0 saturated carbocycles. The highest BCUT2D eigenvalue weighted by Crippen LogP contribution is 2.25. The van der Waals surface area contributed by atoms with E-state index in [1.54, 1.807) is 0 Å². The lowest BCUT2D eigenvalue weighted by Gasteiger charge is -2.27. The zero-order valence-electron chi connectivity index (χ0n) is 9.28. The van der Waals surface area contributed by atoms with Gasteiger partial charge < -0.3 is 15.6 Å². The summed E-state index contributed by atoms with van der Waals surface area (Å²) in [6.07, 6.45) is -1.20. The molecule has 1 amide bonds. The highest BCUT2D eigenvalue weighted by molar-refractivity contribution is 5.65. The van der Waals surface area contributed by atoms with E-state index in [1.165, 1.54) is 6.07 Å². The number of hydrogen-bond acceptors (Lipinski definition) is 6. The fourth-order valence-corrected chi connectivity index (χ4v) is 1.94. The van der Waals surface area contributed by atoms with Crippen LogP contribution in [0.3, 0.4) is 0 Å². The van der Waals surface area contributed by atoms with E-state index in [0.717, 1.165) is 6.20 Å². The number of nitrogens with two attached hydrogens (primary N) is 1. The van der Waals surface area contributed by atoms with Crippen molar-refractivity contribution >= 4 is 11.8 Å². The van der Waals surface area contributed by atoms with Crippen molar-refractivity contribution in [2.24, 2.45) is 5.73 Å².